The summed E-state index contributed by atoms with van der Waals surface area (Å²) in [5.74, 6) is 0. The molecule has 0 fully saturated rings. The molecule has 0 bridgehead atoms. The van der Waals surface area contributed by atoms with Crippen LogP contribution < -0.4 is 0 Å². The van der Waals surface area contributed by atoms with E-state index in [1.54, 1.807) is 0 Å². The maximum Gasteiger partial charge on any atom is 0.0274 e. The van der Waals surface area contributed by atoms with E-state index in [0.29, 0.717) is 0 Å². The Hall–Kier alpha value is 1.41. The molecule has 0 atom stereocenters. The fraction of sp³-hybridized carbons (Fsp3) is 0.143. The molecule has 0 nitrogen and oxygen atoms in total. The van der Waals surface area contributed by atoms with Gasteiger partial charge in [0.25, 0.3) is 0 Å². The van der Waals surface area contributed by atoms with Crippen molar-refractivity contribution in [3.63, 3.8) is 0 Å². The van der Waals surface area contributed by atoms with Gasteiger partial charge in [0, 0.05) is 10.7 Å². The van der Waals surface area contributed by atoms with Gasteiger partial charge in [-0.25, -0.2) is 0 Å². The van der Waals surface area contributed by atoms with Gasteiger partial charge in [-0.3, -0.25) is 0 Å². The molecular formula is C7H5I3. The van der Waals surface area contributed by atoms with Crippen molar-refractivity contribution < 1.29 is 0 Å². The Balaban J connectivity index is 3.28. The SMILES string of the molecule is Cc1cc(I)c(I)cc1I. The summed E-state index contributed by atoms with van der Waals surface area (Å²) in [6, 6.07) is 4.42. The highest BCUT2D eigenvalue weighted by Crippen LogP contribution is 2.20. The molecule has 0 heterocycles. The van der Waals surface area contributed by atoms with Crippen LogP contribution in [0.15, 0.2) is 12.1 Å². The van der Waals surface area contributed by atoms with Crippen LogP contribution in [0, 0.1) is 17.6 Å². The Morgan fingerprint density at radius 1 is 0.900 bits per heavy atom. The monoisotopic (exact) mass is 470 g/mol. The van der Waals surface area contributed by atoms with E-state index in [1.165, 1.54) is 16.3 Å². The largest absolute Gasteiger partial charge is 0.0440 e. The van der Waals surface area contributed by atoms with Crippen LogP contribution in [0.5, 0.6) is 0 Å². The average Bonchev–Trinajstić information content (AvgIpc) is 1.84. The van der Waals surface area contributed by atoms with Gasteiger partial charge < -0.3 is 0 Å². The second kappa shape index (κ2) is 3.88. The maximum absolute atomic E-state index is 2.36. The van der Waals surface area contributed by atoms with Crippen molar-refractivity contribution in [2.24, 2.45) is 0 Å². The van der Waals surface area contributed by atoms with Crippen LogP contribution in [0.2, 0.25) is 0 Å². The van der Waals surface area contributed by atoms with Gasteiger partial charge >= 0.3 is 0 Å². The van der Waals surface area contributed by atoms with Crippen molar-refractivity contribution in [2.45, 2.75) is 6.92 Å². The van der Waals surface area contributed by atoms with Crippen LogP contribution in [-0.4, -0.2) is 0 Å². The molecule has 0 aliphatic rings. The quantitative estimate of drug-likeness (QED) is 0.400. The number of rotatable bonds is 0. The van der Waals surface area contributed by atoms with Gasteiger partial charge in [-0.05, 0) is 92.4 Å². The van der Waals surface area contributed by atoms with Crippen molar-refractivity contribution in [1.82, 2.24) is 0 Å². The van der Waals surface area contributed by atoms with E-state index >= 15 is 0 Å². The van der Waals surface area contributed by atoms with E-state index in [-0.39, 0.29) is 0 Å². The highest BCUT2D eigenvalue weighted by molar-refractivity contribution is 14.1. The maximum atomic E-state index is 2.36. The second-order valence-corrected chi connectivity index (χ2v) is 5.50. The summed E-state index contributed by atoms with van der Waals surface area (Å²) in [6.07, 6.45) is 0. The third-order valence-electron chi connectivity index (χ3n) is 1.20. The predicted molar refractivity (Wildman–Crippen MR) is 69.3 cm³/mol. The zero-order valence-corrected chi connectivity index (χ0v) is 11.8. The fourth-order valence-electron chi connectivity index (χ4n) is 0.622. The van der Waals surface area contributed by atoms with Crippen LogP contribution in [0.3, 0.4) is 0 Å². The summed E-state index contributed by atoms with van der Waals surface area (Å²) < 4.78 is 4.03. The van der Waals surface area contributed by atoms with Crippen LogP contribution in [-0.2, 0) is 0 Å². The van der Waals surface area contributed by atoms with E-state index in [2.05, 4.69) is 86.8 Å². The van der Waals surface area contributed by atoms with Gasteiger partial charge in [0.1, 0.15) is 0 Å². The van der Waals surface area contributed by atoms with Gasteiger partial charge in [0.2, 0.25) is 0 Å². The summed E-state index contributed by atoms with van der Waals surface area (Å²) in [5.41, 5.74) is 1.37. The van der Waals surface area contributed by atoms with Crippen molar-refractivity contribution in [2.75, 3.05) is 0 Å². The summed E-state index contributed by atoms with van der Waals surface area (Å²) in [5, 5.41) is 0. The lowest BCUT2D eigenvalue weighted by Crippen LogP contribution is -1.85. The molecule has 0 radical (unpaired) electrons. The van der Waals surface area contributed by atoms with E-state index in [4.69, 9.17) is 0 Å². The zero-order chi connectivity index (χ0) is 7.72. The minimum Gasteiger partial charge on any atom is -0.0440 e. The molecule has 0 saturated heterocycles. The summed E-state index contributed by atoms with van der Waals surface area (Å²) in [4.78, 5) is 0. The highest BCUT2D eigenvalue weighted by atomic mass is 127. The molecule has 3 heteroatoms. The standard InChI is InChI=1S/C7H5I3/c1-4-2-6(9)7(10)3-5(4)8/h2-3H,1H3. The third kappa shape index (κ3) is 2.20. The summed E-state index contributed by atoms with van der Waals surface area (Å²) in [7, 11) is 0. The minimum atomic E-state index is 1.34. The first kappa shape index (κ1) is 9.50. The smallest absolute Gasteiger partial charge is 0.0274 e. The third-order valence-corrected chi connectivity index (χ3v) is 5.18. The van der Waals surface area contributed by atoms with E-state index in [1.807, 2.05) is 0 Å². The predicted octanol–water partition coefficient (Wildman–Crippen LogP) is 3.81. The number of benzene rings is 1. The first-order chi connectivity index (χ1) is 4.61. The lowest BCUT2D eigenvalue weighted by molar-refractivity contribution is 1.39. The first-order valence-corrected chi connectivity index (χ1v) is 5.96. The Kier molecular flexibility index (Phi) is 3.69. The first-order valence-electron chi connectivity index (χ1n) is 2.72. The summed E-state index contributed by atoms with van der Waals surface area (Å²) in [6.45, 7) is 2.14. The molecule has 1 aromatic carbocycles. The van der Waals surface area contributed by atoms with Gasteiger partial charge in [-0.2, -0.15) is 0 Å². The molecule has 0 aliphatic heterocycles. The molecule has 0 saturated carbocycles. The Morgan fingerprint density at radius 2 is 1.40 bits per heavy atom. The molecule has 0 aromatic heterocycles. The van der Waals surface area contributed by atoms with Crippen LogP contribution in [0.25, 0.3) is 0 Å². The number of hydrogen-bond acceptors (Lipinski definition) is 0. The van der Waals surface area contributed by atoms with Crippen molar-refractivity contribution >= 4 is 67.8 Å². The van der Waals surface area contributed by atoms with E-state index in [0.717, 1.165) is 0 Å². The van der Waals surface area contributed by atoms with Gasteiger partial charge in [-0.1, -0.05) is 0 Å². The normalized spacial score (nSPS) is 10.0. The molecule has 0 spiro atoms. The Bertz CT molecular complexity index is 205. The highest BCUT2D eigenvalue weighted by Gasteiger charge is 1.99. The fourth-order valence-corrected chi connectivity index (χ4v) is 2.77. The molecule has 1 aromatic rings. The topological polar surface area (TPSA) is 0 Å². The zero-order valence-electron chi connectivity index (χ0n) is 5.29. The number of aryl methyl sites for hydroxylation is 1. The second-order valence-electron chi connectivity index (χ2n) is 2.02. The molecule has 54 valence electrons. The molecule has 0 unspecified atom stereocenters. The van der Waals surface area contributed by atoms with E-state index < -0.39 is 0 Å². The number of halogens is 3. The molecule has 0 aliphatic carbocycles. The molecule has 0 amide bonds. The van der Waals surface area contributed by atoms with Crippen LogP contribution >= 0.6 is 67.8 Å². The van der Waals surface area contributed by atoms with Gasteiger partial charge in [0.05, 0.1) is 0 Å². The van der Waals surface area contributed by atoms with Crippen molar-refractivity contribution in [3.05, 3.63) is 28.4 Å². The minimum absolute atomic E-state index is 1.34. The molecule has 1 rings (SSSR count). The Labute approximate surface area is 102 Å². The summed E-state index contributed by atoms with van der Waals surface area (Å²) >= 11 is 7.07. The Morgan fingerprint density at radius 3 is 1.90 bits per heavy atom. The van der Waals surface area contributed by atoms with Crippen molar-refractivity contribution in [1.29, 1.82) is 0 Å². The van der Waals surface area contributed by atoms with Crippen LogP contribution in [0.1, 0.15) is 5.56 Å². The molecule has 0 N–H and O–H groups in total. The lowest BCUT2D eigenvalue weighted by atomic mass is 10.2. The van der Waals surface area contributed by atoms with Crippen molar-refractivity contribution in [3.8, 4) is 0 Å². The molecular weight excluding hydrogens is 465 g/mol. The van der Waals surface area contributed by atoms with Crippen LogP contribution in [0.4, 0.5) is 0 Å². The van der Waals surface area contributed by atoms with E-state index in [9.17, 15) is 0 Å². The van der Waals surface area contributed by atoms with Gasteiger partial charge in [0.15, 0.2) is 0 Å². The average molecular weight is 470 g/mol. The number of hydrogen-bond donors (Lipinski definition) is 0. The lowest BCUT2D eigenvalue weighted by Gasteiger charge is -2.00. The molecule has 10 heavy (non-hydrogen) atoms. The van der Waals surface area contributed by atoms with Gasteiger partial charge in [-0.15, -0.1) is 0 Å².